The first-order valence-corrected chi connectivity index (χ1v) is 10.7. The van der Waals surface area contributed by atoms with Crippen LogP contribution in [0.1, 0.15) is 23.9 Å². The van der Waals surface area contributed by atoms with Gasteiger partial charge in [0.25, 0.3) is 0 Å². The van der Waals surface area contributed by atoms with Crippen LogP contribution in [0.3, 0.4) is 0 Å². The largest absolute Gasteiger partial charge is 0.485 e. The van der Waals surface area contributed by atoms with Crippen LogP contribution in [0.4, 0.5) is 5.69 Å². The number of carbonyl (C=O) groups is 1. The van der Waals surface area contributed by atoms with Crippen molar-refractivity contribution in [2.75, 3.05) is 11.2 Å². The predicted molar refractivity (Wildman–Crippen MR) is 121 cm³/mol. The maximum Gasteiger partial charge on any atom is 0.237 e. The zero-order chi connectivity index (χ0) is 21.8. The number of nitrogens with zero attached hydrogens (tertiary/aromatic N) is 3. The van der Waals surface area contributed by atoms with E-state index in [9.17, 15) is 4.79 Å². The van der Waals surface area contributed by atoms with Gasteiger partial charge in [0.15, 0.2) is 5.82 Å². The van der Waals surface area contributed by atoms with Crippen LogP contribution in [0.5, 0.6) is 5.75 Å². The van der Waals surface area contributed by atoms with Gasteiger partial charge in [0.05, 0.1) is 21.0 Å². The first-order chi connectivity index (χ1) is 14.3. The summed E-state index contributed by atoms with van der Waals surface area (Å²) in [4.78, 5) is 12.5. The third kappa shape index (κ3) is 5.19. The van der Waals surface area contributed by atoms with Crippen molar-refractivity contribution in [2.45, 2.75) is 37.8 Å². The Morgan fingerprint density at radius 2 is 2.03 bits per heavy atom. The molecular weight excluding hydrogens is 445 g/mol. The van der Waals surface area contributed by atoms with Gasteiger partial charge in [0.1, 0.15) is 12.4 Å². The number of nitrogen functional groups attached to an aromatic ring is 1. The number of halogens is 2. The van der Waals surface area contributed by atoms with Crippen molar-refractivity contribution < 1.29 is 9.53 Å². The van der Waals surface area contributed by atoms with Gasteiger partial charge >= 0.3 is 0 Å². The molecule has 3 aromatic rings. The van der Waals surface area contributed by atoms with Crippen molar-refractivity contribution in [2.24, 2.45) is 0 Å². The predicted octanol–water partition coefficient (Wildman–Crippen LogP) is 4.61. The number of carbonyl (C=O) groups excluding carboxylic acids is 1. The second kappa shape index (κ2) is 9.59. The molecule has 0 saturated heterocycles. The number of thioether (sulfide) groups is 1. The molecule has 0 radical (unpaired) electrons. The van der Waals surface area contributed by atoms with Crippen LogP contribution in [0.25, 0.3) is 0 Å². The van der Waals surface area contributed by atoms with Crippen LogP contribution < -0.4 is 15.9 Å². The fourth-order valence-corrected chi connectivity index (χ4v) is 3.77. The number of rotatable bonds is 7. The van der Waals surface area contributed by atoms with Crippen molar-refractivity contribution in [1.29, 1.82) is 0 Å². The molecule has 0 aliphatic heterocycles. The molecule has 10 heteroatoms. The van der Waals surface area contributed by atoms with E-state index in [-0.39, 0.29) is 17.5 Å². The van der Waals surface area contributed by atoms with E-state index in [0.29, 0.717) is 21.7 Å². The molecule has 3 rings (SSSR count). The molecule has 0 spiro atoms. The molecule has 3 N–H and O–H groups in total. The van der Waals surface area contributed by atoms with Crippen LogP contribution in [0.15, 0.2) is 41.6 Å². The minimum atomic E-state index is -0.500. The van der Waals surface area contributed by atoms with E-state index >= 15 is 0 Å². The van der Waals surface area contributed by atoms with E-state index in [1.165, 1.54) is 16.4 Å². The summed E-state index contributed by atoms with van der Waals surface area (Å²) < 4.78 is 7.13. The molecule has 7 nitrogen and oxygen atoms in total. The van der Waals surface area contributed by atoms with E-state index in [1.807, 2.05) is 32.0 Å². The van der Waals surface area contributed by atoms with E-state index in [0.717, 1.165) is 16.9 Å². The van der Waals surface area contributed by atoms with E-state index in [4.69, 9.17) is 33.8 Å². The molecule has 158 valence electrons. The first-order valence-electron chi connectivity index (χ1n) is 9.07. The molecule has 0 saturated carbocycles. The zero-order valence-corrected chi connectivity index (χ0v) is 19.0. The average molecular weight is 466 g/mol. The van der Waals surface area contributed by atoms with Gasteiger partial charge in [-0.25, -0.2) is 4.68 Å². The van der Waals surface area contributed by atoms with Gasteiger partial charge in [0.2, 0.25) is 11.1 Å². The van der Waals surface area contributed by atoms with Gasteiger partial charge in [0, 0.05) is 0 Å². The highest BCUT2D eigenvalue weighted by atomic mass is 35.5. The second-order valence-electron chi connectivity index (χ2n) is 6.68. The maximum absolute atomic E-state index is 12.5. The second-order valence-corrected chi connectivity index (χ2v) is 8.77. The summed E-state index contributed by atoms with van der Waals surface area (Å²) >= 11 is 13.3. The van der Waals surface area contributed by atoms with Crippen molar-refractivity contribution in [3.8, 4) is 5.75 Å². The smallest absolute Gasteiger partial charge is 0.237 e. The van der Waals surface area contributed by atoms with Crippen LogP contribution >= 0.6 is 35.0 Å². The highest BCUT2D eigenvalue weighted by Crippen LogP contribution is 2.30. The van der Waals surface area contributed by atoms with Gasteiger partial charge in [-0.05, 0) is 44.5 Å². The summed E-state index contributed by atoms with van der Waals surface area (Å²) in [5, 5.41) is 11.4. The molecule has 1 unspecified atom stereocenters. The minimum absolute atomic E-state index is 0.159. The SMILES string of the molecule is Cc1ccc(OCc2nnc(SC(C)C(=O)Nc3cccc(Cl)c3Cl)n2N)c(C)c1. The maximum atomic E-state index is 12.5. The summed E-state index contributed by atoms with van der Waals surface area (Å²) in [5.74, 6) is 7.03. The Morgan fingerprint density at radius 3 is 2.77 bits per heavy atom. The van der Waals surface area contributed by atoms with Gasteiger partial charge in [-0.2, -0.15) is 0 Å². The quantitative estimate of drug-likeness (QED) is 0.390. The number of aromatic nitrogens is 3. The number of nitrogens with two attached hydrogens (primary N) is 1. The number of anilines is 1. The average Bonchev–Trinajstić information content (AvgIpc) is 3.04. The molecule has 1 heterocycles. The van der Waals surface area contributed by atoms with Crippen LogP contribution in [0, 0.1) is 13.8 Å². The highest BCUT2D eigenvalue weighted by molar-refractivity contribution is 8.00. The number of amides is 1. The topological polar surface area (TPSA) is 95.1 Å². The summed E-state index contributed by atoms with van der Waals surface area (Å²) in [6.45, 7) is 5.89. The molecule has 1 atom stereocenters. The first kappa shape index (κ1) is 22.3. The van der Waals surface area contributed by atoms with Crippen molar-refractivity contribution in [3.63, 3.8) is 0 Å². The Balaban J connectivity index is 1.62. The van der Waals surface area contributed by atoms with Crippen LogP contribution in [-0.4, -0.2) is 26.0 Å². The number of nitrogens with one attached hydrogen (secondary N) is 1. The zero-order valence-electron chi connectivity index (χ0n) is 16.6. The number of benzene rings is 2. The lowest BCUT2D eigenvalue weighted by Crippen LogP contribution is -2.24. The summed E-state index contributed by atoms with van der Waals surface area (Å²) in [6, 6.07) is 11.0. The molecule has 0 aliphatic rings. The lowest BCUT2D eigenvalue weighted by Gasteiger charge is -2.13. The Kier molecular flexibility index (Phi) is 7.12. The number of hydrogen-bond donors (Lipinski definition) is 2. The molecule has 30 heavy (non-hydrogen) atoms. The minimum Gasteiger partial charge on any atom is -0.485 e. The Morgan fingerprint density at radius 1 is 1.27 bits per heavy atom. The molecule has 0 bridgehead atoms. The standard InChI is InChI=1S/C20H21Cl2N5O2S/c1-11-7-8-16(12(2)9-11)29-10-17-25-26-20(27(17)23)30-13(3)19(28)24-15-6-4-5-14(21)18(15)22/h4-9,13H,10,23H2,1-3H3,(H,24,28). The van der Waals surface area contributed by atoms with Gasteiger partial charge in [-0.1, -0.05) is 58.7 Å². The van der Waals surface area contributed by atoms with Crippen molar-refractivity contribution in [3.05, 3.63) is 63.4 Å². The molecule has 1 aromatic heterocycles. The normalized spacial score (nSPS) is 11.9. The molecule has 0 aliphatic carbocycles. The lowest BCUT2D eigenvalue weighted by molar-refractivity contribution is -0.115. The van der Waals surface area contributed by atoms with Crippen LogP contribution in [0.2, 0.25) is 10.0 Å². The van der Waals surface area contributed by atoms with Crippen molar-refractivity contribution >= 4 is 46.6 Å². The third-order valence-electron chi connectivity index (χ3n) is 4.28. The number of ether oxygens (including phenoxy) is 1. The Labute approximate surface area is 188 Å². The van der Waals surface area contributed by atoms with E-state index < -0.39 is 5.25 Å². The van der Waals surface area contributed by atoms with Gasteiger partial charge < -0.3 is 15.9 Å². The third-order valence-corrected chi connectivity index (χ3v) is 6.16. The summed E-state index contributed by atoms with van der Waals surface area (Å²) in [5.41, 5.74) is 2.63. The van der Waals surface area contributed by atoms with Crippen molar-refractivity contribution in [1.82, 2.24) is 14.9 Å². The molecule has 2 aromatic carbocycles. The Hall–Kier alpha value is -2.42. The number of aryl methyl sites for hydroxylation is 2. The fraction of sp³-hybridized carbons (Fsp3) is 0.250. The number of hydrogen-bond acceptors (Lipinski definition) is 6. The molecule has 1 amide bonds. The highest BCUT2D eigenvalue weighted by Gasteiger charge is 2.21. The van der Waals surface area contributed by atoms with Crippen LogP contribution in [-0.2, 0) is 11.4 Å². The van der Waals surface area contributed by atoms with Gasteiger partial charge in [-0.15, -0.1) is 10.2 Å². The monoisotopic (exact) mass is 465 g/mol. The molecular formula is C20H21Cl2N5O2S. The lowest BCUT2D eigenvalue weighted by atomic mass is 10.1. The van der Waals surface area contributed by atoms with Gasteiger partial charge in [-0.3, -0.25) is 4.79 Å². The fourth-order valence-electron chi connectivity index (χ4n) is 2.64. The summed E-state index contributed by atoms with van der Waals surface area (Å²) in [7, 11) is 0. The van der Waals surface area contributed by atoms with E-state index in [2.05, 4.69) is 15.5 Å². The molecule has 0 fully saturated rings. The Bertz CT molecular complexity index is 1070. The van der Waals surface area contributed by atoms with E-state index in [1.54, 1.807) is 25.1 Å². The summed E-state index contributed by atoms with van der Waals surface area (Å²) in [6.07, 6.45) is 0.